The maximum Gasteiger partial charge on any atom is 0.257 e. The average Bonchev–Trinajstić information content (AvgIpc) is 3.81. The van der Waals surface area contributed by atoms with Crippen LogP contribution in [0.1, 0.15) is 47.2 Å². The van der Waals surface area contributed by atoms with Gasteiger partial charge >= 0.3 is 0 Å². The fourth-order valence-electron chi connectivity index (χ4n) is 5.37. The zero-order chi connectivity index (χ0) is 27.5. The molecule has 10 nitrogen and oxygen atoms in total. The van der Waals surface area contributed by atoms with Gasteiger partial charge in [-0.05, 0) is 54.7 Å². The third-order valence-electron chi connectivity index (χ3n) is 7.88. The zero-order valence-electron chi connectivity index (χ0n) is 22.6. The molecule has 1 amide bonds. The summed E-state index contributed by atoms with van der Waals surface area (Å²) in [5, 5.41) is 20.6. The van der Waals surface area contributed by atoms with Gasteiger partial charge in [0.15, 0.2) is 0 Å². The lowest BCUT2D eigenvalue weighted by Crippen LogP contribution is -2.37. The number of aromatic nitrogens is 3. The van der Waals surface area contributed by atoms with Crippen molar-refractivity contribution in [3.05, 3.63) is 59.5 Å². The number of aryl methyl sites for hydroxylation is 1. The molecule has 206 valence electrons. The first kappa shape index (κ1) is 26.2. The second kappa shape index (κ2) is 11.2. The first-order valence-electron chi connectivity index (χ1n) is 13.8. The molecule has 2 aromatic heterocycles. The Kier molecular flexibility index (Phi) is 7.32. The quantitative estimate of drug-likeness (QED) is 0.473. The number of hydrogen-bond donors (Lipinski definition) is 1. The molecule has 6 rings (SSSR count). The number of morpholine rings is 1. The van der Waals surface area contributed by atoms with Gasteiger partial charge in [0.05, 0.1) is 55.9 Å². The van der Waals surface area contributed by atoms with Crippen LogP contribution in [-0.2, 0) is 14.9 Å². The molecule has 3 fully saturated rings. The van der Waals surface area contributed by atoms with Gasteiger partial charge in [-0.3, -0.25) is 4.79 Å². The van der Waals surface area contributed by atoms with E-state index in [0.29, 0.717) is 43.6 Å². The number of nitriles is 1. The smallest absolute Gasteiger partial charge is 0.257 e. The largest absolute Gasteiger partial charge is 0.473 e. The Bertz CT molecular complexity index is 1420. The number of ether oxygens (including phenoxy) is 3. The van der Waals surface area contributed by atoms with Gasteiger partial charge in [0.2, 0.25) is 5.88 Å². The van der Waals surface area contributed by atoms with Crippen LogP contribution in [0.5, 0.6) is 5.88 Å². The van der Waals surface area contributed by atoms with E-state index in [2.05, 4.69) is 32.5 Å². The van der Waals surface area contributed by atoms with Gasteiger partial charge in [0.1, 0.15) is 11.8 Å². The van der Waals surface area contributed by atoms with Gasteiger partial charge in [-0.25, -0.2) is 4.98 Å². The molecule has 40 heavy (non-hydrogen) atoms. The highest BCUT2D eigenvalue weighted by Gasteiger charge is 2.47. The molecule has 0 unspecified atom stereocenters. The number of pyridine rings is 1. The fourth-order valence-corrected chi connectivity index (χ4v) is 5.37. The average molecular weight is 541 g/mol. The van der Waals surface area contributed by atoms with Gasteiger partial charge in [-0.15, -0.1) is 0 Å². The first-order valence-corrected chi connectivity index (χ1v) is 13.8. The van der Waals surface area contributed by atoms with Gasteiger partial charge < -0.3 is 24.4 Å². The molecule has 1 aromatic carbocycles. The number of anilines is 2. The monoisotopic (exact) mass is 540 g/mol. The van der Waals surface area contributed by atoms with Crippen LogP contribution in [0.25, 0.3) is 11.1 Å². The Hall–Kier alpha value is -4.07. The van der Waals surface area contributed by atoms with Crippen molar-refractivity contribution in [2.75, 3.05) is 49.7 Å². The molecular weight excluding hydrogens is 508 g/mol. The third-order valence-corrected chi connectivity index (χ3v) is 7.88. The Morgan fingerprint density at radius 3 is 2.58 bits per heavy atom. The van der Waals surface area contributed by atoms with E-state index in [0.717, 1.165) is 66.7 Å². The number of carbonyl (C=O) groups is 1. The molecule has 2 aliphatic heterocycles. The number of rotatable bonds is 7. The van der Waals surface area contributed by atoms with E-state index in [9.17, 15) is 10.1 Å². The van der Waals surface area contributed by atoms with E-state index >= 15 is 0 Å². The summed E-state index contributed by atoms with van der Waals surface area (Å²) in [5.74, 6) is 0.319. The predicted octanol–water partition coefficient (Wildman–Crippen LogP) is 4.05. The number of benzene rings is 1. The van der Waals surface area contributed by atoms with Crippen molar-refractivity contribution in [2.24, 2.45) is 0 Å². The highest BCUT2D eigenvalue weighted by atomic mass is 16.5. The van der Waals surface area contributed by atoms with E-state index < -0.39 is 5.41 Å². The van der Waals surface area contributed by atoms with Crippen molar-refractivity contribution in [2.45, 2.75) is 44.1 Å². The van der Waals surface area contributed by atoms with Crippen LogP contribution in [0.4, 0.5) is 11.4 Å². The Labute approximate surface area is 233 Å². The van der Waals surface area contributed by atoms with Crippen molar-refractivity contribution in [3.63, 3.8) is 0 Å². The van der Waals surface area contributed by atoms with E-state index in [1.807, 2.05) is 25.3 Å². The van der Waals surface area contributed by atoms with Crippen molar-refractivity contribution < 1.29 is 19.0 Å². The van der Waals surface area contributed by atoms with Crippen LogP contribution in [-0.4, -0.2) is 66.7 Å². The molecule has 0 spiro atoms. The molecule has 1 aliphatic carbocycles. The van der Waals surface area contributed by atoms with Crippen LogP contribution >= 0.6 is 0 Å². The summed E-state index contributed by atoms with van der Waals surface area (Å²) >= 11 is 0. The van der Waals surface area contributed by atoms with Crippen molar-refractivity contribution in [1.82, 2.24) is 15.2 Å². The van der Waals surface area contributed by atoms with Crippen molar-refractivity contribution in [3.8, 4) is 23.1 Å². The molecule has 10 heteroatoms. The minimum atomic E-state index is -0.582. The Morgan fingerprint density at radius 2 is 1.88 bits per heavy atom. The second-order valence-corrected chi connectivity index (χ2v) is 10.6. The second-order valence-electron chi connectivity index (χ2n) is 10.6. The zero-order valence-corrected chi connectivity index (χ0v) is 22.6. The number of nitrogens with zero attached hydrogens (tertiary/aromatic N) is 5. The minimum absolute atomic E-state index is 0.0677. The summed E-state index contributed by atoms with van der Waals surface area (Å²) in [6, 6.07) is 10.2. The molecule has 0 atom stereocenters. The van der Waals surface area contributed by atoms with Crippen LogP contribution in [0.3, 0.4) is 0 Å². The van der Waals surface area contributed by atoms with Crippen LogP contribution in [0.2, 0.25) is 0 Å². The molecular formula is C30H32N6O4. The molecule has 2 saturated heterocycles. The molecule has 4 heterocycles. The lowest BCUT2D eigenvalue weighted by atomic mass is 9.90. The van der Waals surface area contributed by atoms with E-state index in [1.165, 1.54) is 12.4 Å². The Balaban J connectivity index is 1.39. The van der Waals surface area contributed by atoms with Crippen molar-refractivity contribution in [1.29, 1.82) is 5.26 Å². The van der Waals surface area contributed by atoms with Crippen LogP contribution < -0.4 is 15.0 Å². The van der Waals surface area contributed by atoms with Crippen molar-refractivity contribution >= 4 is 17.3 Å². The van der Waals surface area contributed by atoms with Crippen LogP contribution in [0.15, 0.2) is 42.9 Å². The standard InChI is InChI=1S/C30H32N6O4/c1-20-14-25(30(19-31)5-6-30)26(35-28(37)21-2-7-33-34-18-21)16-24(20)22-15-27(36-8-12-39-13-9-36)29(32-17-22)40-23-3-10-38-11-4-23/h2,7,14-18,23H,3-6,8-13H2,1H3,(H,35,37). The van der Waals surface area contributed by atoms with Crippen LogP contribution in [0, 0.1) is 18.3 Å². The maximum atomic E-state index is 13.1. The number of nitrogens with one attached hydrogen (secondary N) is 1. The highest BCUT2D eigenvalue weighted by Crippen LogP contribution is 2.51. The molecule has 1 saturated carbocycles. The number of amides is 1. The molecule has 3 aromatic rings. The van der Waals surface area contributed by atoms with E-state index in [-0.39, 0.29) is 12.0 Å². The lowest BCUT2D eigenvalue weighted by molar-refractivity contribution is 0.0238. The summed E-state index contributed by atoms with van der Waals surface area (Å²) in [6.45, 7) is 6.20. The SMILES string of the molecule is Cc1cc(C2(C#N)CC2)c(NC(=O)c2ccnnc2)cc1-c1cnc(OC2CCOCC2)c(N2CCOCC2)c1. The fraction of sp³-hybridized carbons (Fsp3) is 0.433. The Morgan fingerprint density at radius 1 is 1.10 bits per heavy atom. The predicted molar refractivity (Wildman–Crippen MR) is 148 cm³/mol. The number of hydrogen-bond acceptors (Lipinski definition) is 9. The van der Waals surface area contributed by atoms with Gasteiger partial charge in [0.25, 0.3) is 5.91 Å². The highest BCUT2D eigenvalue weighted by molar-refractivity contribution is 6.05. The van der Waals surface area contributed by atoms with Gasteiger partial charge in [-0.1, -0.05) is 6.07 Å². The summed E-state index contributed by atoms with van der Waals surface area (Å²) in [7, 11) is 0. The lowest BCUT2D eigenvalue weighted by Gasteiger charge is -2.31. The summed E-state index contributed by atoms with van der Waals surface area (Å²) < 4.78 is 17.5. The summed E-state index contributed by atoms with van der Waals surface area (Å²) in [4.78, 5) is 20.2. The molecule has 0 bridgehead atoms. The summed E-state index contributed by atoms with van der Waals surface area (Å²) in [6.07, 6.45) is 8.01. The maximum absolute atomic E-state index is 13.1. The number of carbonyl (C=O) groups excluding carboxylic acids is 1. The van der Waals surface area contributed by atoms with Gasteiger partial charge in [-0.2, -0.15) is 15.5 Å². The van der Waals surface area contributed by atoms with E-state index in [1.54, 1.807) is 6.07 Å². The van der Waals surface area contributed by atoms with E-state index in [4.69, 9.17) is 19.2 Å². The third kappa shape index (κ3) is 5.35. The summed E-state index contributed by atoms with van der Waals surface area (Å²) in [5.41, 5.74) is 5.06. The molecule has 1 N–H and O–H groups in total. The minimum Gasteiger partial charge on any atom is -0.473 e. The topological polar surface area (TPSA) is 122 Å². The first-order chi connectivity index (χ1) is 19.6. The molecule has 0 radical (unpaired) electrons. The molecule has 3 aliphatic rings. The normalized spacial score (nSPS) is 18.6. The van der Waals surface area contributed by atoms with Gasteiger partial charge in [0, 0.05) is 43.4 Å².